The van der Waals surface area contributed by atoms with Gasteiger partial charge in [0.25, 0.3) is 0 Å². The zero-order chi connectivity index (χ0) is 23.4. The minimum atomic E-state index is -4.37. The van der Waals surface area contributed by atoms with Crippen LogP contribution >= 0.6 is 11.3 Å². The molecule has 1 aromatic heterocycles. The molecule has 0 unspecified atom stereocenters. The topological polar surface area (TPSA) is 32.3 Å². The first-order valence-corrected chi connectivity index (χ1v) is 12.1. The maximum Gasteiger partial charge on any atom is 0.426 e. The summed E-state index contributed by atoms with van der Waals surface area (Å²) in [6, 6.07) is 16.5. The number of rotatable bonds is 8. The van der Waals surface area contributed by atoms with E-state index in [2.05, 4.69) is 18.3 Å². The van der Waals surface area contributed by atoms with Crippen LogP contribution in [0.4, 0.5) is 18.9 Å². The van der Waals surface area contributed by atoms with Gasteiger partial charge in [0, 0.05) is 22.7 Å². The Kier molecular flexibility index (Phi) is 7.20. The second-order valence-electron chi connectivity index (χ2n) is 8.25. The van der Waals surface area contributed by atoms with Crippen molar-refractivity contribution in [3.05, 3.63) is 75.5 Å². The highest BCUT2D eigenvalue weighted by atomic mass is 32.1. The number of alkyl halides is 3. The van der Waals surface area contributed by atoms with Crippen LogP contribution in [0, 0.1) is 0 Å². The minimum absolute atomic E-state index is 0.0710. The Labute approximate surface area is 196 Å². The third kappa shape index (κ3) is 5.47. The Morgan fingerprint density at radius 3 is 2.61 bits per heavy atom. The van der Waals surface area contributed by atoms with Gasteiger partial charge in [0.2, 0.25) is 5.91 Å². The maximum absolute atomic E-state index is 13.6. The molecule has 1 aliphatic rings. The Morgan fingerprint density at radius 1 is 1.09 bits per heavy atom. The Hall–Kier alpha value is -2.64. The molecule has 0 atom stereocenters. The zero-order valence-electron chi connectivity index (χ0n) is 18.5. The molecule has 0 spiro atoms. The molecule has 2 aromatic carbocycles. The molecule has 1 amide bonds. The van der Waals surface area contributed by atoms with E-state index in [0.29, 0.717) is 31.5 Å². The number of aryl methyl sites for hydroxylation is 2. The van der Waals surface area contributed by atoms with Crippen LogP contribution in [0.15, 0.2) is 54.6 Å². The number of carbonyl (C=O) groups is 1. The number of anilines is 1. The van der Waals surface area contributed by atoms with E-state index in [1.54, 1.807) is 36.4 Å². The zero-order valence-corrected chi connectivity index (χ0v) is 19.4. The van der Waals surface area contributed by atoms with Gasteiger partial charge in [-0.1, -0.05) is 49.4 Å². The predicted molar refractivity (Wildman–Crippen MR) is 128 cm³/mol. The Bertz CT molecular complexity index is 1110. The van der Waals surface area contributed by atoms with Crippen LogP contribution in [-0.4, -0.2) is 25.5 Å². The van der Waals surface area contributed by atoms with Crippen molar-refractivity contribution in [2.24, 2.45) is 0 Å². The van der Waals surface area contributed by atoms with Crippen LogP contribution in [0.5, 0.6) is 0 Å². The molecule has 0 radical (unpaired) electrons. The standard InChI is InChI=1S/C26H27F3N2OS/c1-2-13-30-17-24(32)31-14-12-20-15-18(9-11-23(20)31)8-10-21-16-22(19-6-4-3-5-7-19)25(33-21)26(27,28)29/h3-7,9,11,15-16,30H,2,8,10,12-14,17H2,1H3. The third-order valence-electron chi connectivity index (χ3n) is 5.83. The van der Waals surface area contributed by atoms with Crippen LogP contribution in [0.3, 0.4) is 0 Å². The molecule has 3 aromatic rings. The van der Waals surface area contributed by atoms with E-state index < -0.39 is 11.1 Å². The van der Waals surface area contributed by atoms with Gasteiger partial charge in [-0.05, 0) is 61.1 Å². The summed E-state index contributed by atoms with van der Waals surface area (Å²) in [5, 5.41) is 3.15. The van der Waals surface area contributed by atoms with Crippen molar-refractivity contribution in [3.63, 3.8) is 0 Å². The van der Waals surface area contributed by atoms with Crippen molar-refractivity contribution in [3.8, 4) is 11.1 Å². The van der Waals surface area contributed by atoms with Gasteiger partial charge in [-0.3, -0.25) is 4.79 Å². The number of hydrogen-bond donors (Lipinski definition) is 1. The molecular formula is C26H27F3N2OS. The highest BCUT2D eigenvalue weighted by molar-refractivity contribution is 7.12. The monoisotopic (exact) mass is 472 g/mol. The molecule has 0 saturated heterocycles. The first-order valence-electron chi connectivity index (χ1n) is 11.2. The first-order chi connectivity index (χ1) is 15.9. The number of thiophene rings is 1. The van der Waals surface area contributed by atoms with Gasteiger partial charge in [0.1, 0.15) is 4.88 Å². The van der Waals surface area contributed by atoms with Gasteiger partial charge in [-0.15, -0.1) is 11.3 Å². The van der Waals surface area contributed by atoms with E-state index >= 15 is 0 Å². The molecule has 4 rings (SSSR count). The number of nitrogens with zero attached hydrogens (tertiary/aromatic N) is 1. The fourth-order valence-electron chi connectivity index (χ4n) is 4.21. The molecule has 174 valence electrons. The van der Waals surface area contributed by atoms with Gasteiger partial charge < -0.3 is 10.2 Å². The fourth-order valence-corrected chi connectivity index (χ4v) is 5.26. The molecule has 2 heterocycles. The summed E-state index contributed by atoms with van der Waals surface area (Å²) < 4.78 is 40.9. The summed E-state index contributed by atoms with van der Waals surface area (Å²) in [6.45, 7) is 3.88. The van der Waals surface area contributed by atoms with Crippen LogP contribution in [-0.2, 0) is 30.2 Å². The van der Waals surface area contributed by atoms with Crippen molar-refractivity contribution < 1.29 is 18.0 Å². The van der Waals surface area contributed by atoms with E-state index in [0.717, 1.165) is 52.4 Å². The molecule has 0 fully saturated rings. The summed E-state index contributed by atoms with van der Waals surface area (Å²) >= 11 is 0.835. The van der Waals surface area contributed by atoms with Crippen molar-refractivity contribution in [2.75, 3.05) is 24.5 Å². The predicted octanol–water partition coefficient (Wildman–Crippen LogP) is 6.11. The normalized spacial score (nSPS) is 13.4. The SMILES string of the molecule is CCCNCC(=O)N1CCc2cc(CCc3cc(-c4ccccc4)c(C(F)(F)F)s3)ccc21. The molecule has 0 aliphatic carbocycles. The molecule has 1 aliphatic heterocycles. The number of amides is 1. The summed E-state index contributed by atoms with van der Waals surface area (Å²) in [5.41, 5.74) is 3.99. The lowest BCUT2D eigenvalue weighted by Gasteiger charge is -2.18. The Balaban J connectivity index is 1.46. The molecule has 0 saturated carbocycles. The third-order valence-corrected chi connectivity index (χ3v) is 7.07. The number of carbonyl (C=O) groups excluding carboxylic acids is 1. The quantitative estimate of drug-likeness (QED) is 0.401. The Morgan fingerprint density at radius 2 is 1.88 bits per heavy atom. The highest BCUT2D eigenvalue weighted by Crippen LogP contribution is 2.43. The fraction of sp³-hybridized carbons (Fsp3) is 0.346. The highest BCUT2D eigenvalue weighted by Gasteiger charge is 2.36. The van der Waals surface area contributed by atoms with Crippen LogP contribution in [0.2, 0.25) is 0 Å². The van der Waals surface area contributed by atoms with Crippen molar-refractivity contribution >= 4 is 22.9 Å². The van der Waals surface area contributed by atoms with Crippen molar-refractivity contribution in [1.29, 1.82) is 0 Å². The number of nitrogens with one attached hydrogen (secondary N) is 1. The minimum Gasteiger partial charge on any atom is -0.311 e. The smallest absolute Gasteiger partial charge is 0.311 e. The van der Waals surface area contributed by atoms with Crippen LogP contribution in [0.1, 0.15) is 34.2 Å². The van der Waals surface area contributed by atoms with Crippen molar-refractivity contribution in [2.45, 2.75) is 38.8 Å². The van der Waals surface area contributed by atoms with E-state index in [1.165, 1.54) is 0 Å². The van der Waals surface area contributed by atoms with E-state index in [9.17, 15) is 18.0 Å². The van der Waals surface area contributed by atoms with E-state index in [-0.39, 0.29) is 11.5 Å². The van der Waals surface area contributed by atoms with E-state index in [1.807, 2.05) is 17.0 Å². The van der Waals surface area contributed by atoms with Crippen LogP contribution < -0.4 is 10.2 Å². The van der Waals surface area contributed by atoms with Crippen LogP contribution in [0.25, 0.3) is 11.1 Å². The molecule has 3 nitrogen and oxygen atoms in total. The first kappa shape index (κ1) is 23.5. The lowest BCUT2D eigenvalue weighted by Crippen LogP contribution is -2.37. The molecule has 33 heavy (non-hydrogen) atoms. The summed E-state index contributed by atoms with van der Waals surface area (Å²) in [7, 11) is 0. The summed E-state index contributed by atoms with van der Waals surface area (Å²) in [6.07, 6.45) is -1.38. The van der Waals surface area contributed by atoms with Gasteiger partial charge in [-0.25, -0.2) is 0 Å². The second kappa shape index (κ2) is 10.1. The molecule has 0 bridgehead atoms. The number of fused-ring (bicyclic) bond motifs is 1. The van der Waals surface area contributed by atoms with Crippen molar-refractivity contribution in [1.82, 2.24) is 5.32 Å². The number of halogens is 3. The summed E-state index contributed by atoms with van der Waals surface area (Å²) in [4.78, 5) is 14.5. The number of hydrogen-bond acceptors (Lipinski definition) is 3. The van der Waals surface area contributed by atoms with Gasteiger partial charge in [0.15, 0.2) is 0 Å². The maximum atomic E-state index is 13.6. The summed E-state index contributed by atoms with van der Waals surface area (Å²) in [5.74, 6) is 0.0710. The lowest BCUT2D eigenvalue weighted by atomic mass is 10.0. The average molecular weight is 473 g/mol. The van der Waals surface area contributed by atoms with Gasteiger partial charge in [0.05, 0.1) is 6.54 Å². The van der Waals surface area contributed by atoms with Gasteiger partial charge in [-0.2, -0.15) is 13.2 Å². The molecule has 7 heteroatoms. The number of benzene rings is 2. The van der Waals surface area contributed by atoms with E-state index in [4.69, 9.17) is 0 Å². The largest absolute Gasteiger partial charge is 0.426 e. The van der Waals surface area contributed by atoms with Gasteiger partial charge >= 0.3 is 6.18 Å². The average Bonchev–Trinajstić information content (AvgIpc) is 3.42. The second-order valence-corrected chi connectivity index (χ2v) is 9.39. The molecule has 1 N–H and O–H groups in total. The molecular weight excluding hydrogens is 445 g/mol. The lowest BCUT2D eigenvalue weighted by molar-refractivity contribution is -0.133.